The maximum absolute atomic E-state index is 13.3. The van der Waals surface area contributed by atoms with E-state index in [1.54, 1.807) is 0 Å². The van der Waals surface area contributed by atoms with E-state index in [9.17, 15) is 13.2 Å². The van der Waals surface area contributed by atoms with Gasteiger partial charge in [-0.05, 0) is 49.1 Å². The zero-order chi connectivity index (χ0) is 20.7. The van der Waals surface area contributed by atoms with Crippen molar-refractivity contribution in [1.82, 2.24) is 9.62 Å². The highest BCUT2D eigenvalue weighted by Gasteiger charge is 2.36. The van der Waals surface area contributed by atoms with Gasteiger partial charge in [0, 0.05) is 18.1 Å². The summed E-state index contributed by atoms with van der Waals surface area (Å²) in [7, 11) is -3.88. The van der Waals surface area contributed by atoms with Crippen molar-refractivity contribution in [2.24, 2.45) is 0 Å². The molecule has 156 valence electrons. The Morgan fingerprint density at radius 2 is 1.79 bits per heavy atom. The van der Waals surface area contributed by atoms with Gasteiger partial charge in [0.2, 0.25) is 15.9 Å². The van der Waals surface area contributed by atoms with Crippen molar-refractivity contribution in [3.8, 4) is 0 Å². The maximum atomic E-state index is 13.3. The van der Waals surface area contributed by atoms with Crippen LogP contribution in [0.1, 0.15) is 24.8 Å². The molecule has 1 unspecified atom stereocenters. The molecule has 0 spiro atoms. The van der Waals surface area contributed by atoms with Gasteiger partial charge < -0.3 is 10.1 Å². The number of nitrogens with zero attached hydrogens (tertiary/aromatic N) is 1. The Labute approximate surface area is 176 Å². The average molecular weight is 437 g/mol. The van der Waals surface area contributed by atoms with E-state index in [0.717, 1.165) is 18.4 Å². The van der Waals surface area contributed by atoms with Crippen molar-refractivity contribution in [2.45, 2.75) is 36.8 Å². The third-order valence-electron chi connectivity index (χ3n) is 4.84. The van der Waals surface area contributed by atoms with Crippen LogP contribution in [0.5, 0.6) is 0 Å². The summed E-state index contributed by atoms with van der Waals surface area (Å²) in [5.41, 5.74) is 1.01. The van der Waals surface area contributed by atoms with E-state index in [-0.39, 0.29) is 24.0 Å². The van der Waals surface area contributed by atoms with Gasteiger partial charge in [-0.1, -0.05) is 41.9 Å². The zero-order valence-corrected chi connectivity index (χ0v) is 17.7. The van der Waals surface area contributed by atoms with Gasteiger partial charge in [-0.15, -0.1) is 0 Å². The monoisotopic (exact) mass is 436 g/mol. The summed E-state index contributed by atoms with van der Waals surface area (Å²) in [6, 6.07) is 14.9. The first-order valence-electron chi connectivity index (χ1n) is 9.65. The molecule has 8 heteroatoms. The number of ether oxygens (including phenoxy) is 1. The van der Waals surface area contributed by atoms with Gasteiger partial charge in [-0.2, -0.15) is 4.31 Å². The molecule has 1 N–H and O–H groups in total. The molecule has 1 heterocycles. The van der Waals surface area contributed by atoms with E-state index < -0.39 is 16.1 Å². The molecule has 0 radical (unpaired) electrons. The summed E-state index contributed by atoms with van der Waals surface area (Å²) in [5, 5.41) is 3.27. The predicted molar refractivity (Wildman–Crippen MR) is 112 cm³/mol. The van der Waals surface area contributed by atoms with Crippen LogP contribution in [-0.4, -0.2) is 44.4 Å². The van der Waals surface area contributed by atoms with Crippen LogP contribution in [0.25, 0.3) is 0 Å². The molecule has 3 rings (SSSR count). The summed E-state index contributed by atoms with van der Waals surface area (Å²) in [6.07, 6.45) is 2.10. The number of benzene rings is 2. The van der Waals surface area contributed by atoms with E-state index in [4.69, 9.17) is 16.3 Å². The summed E-state index contributed by atoms with van der Waals surface area (Å²) in [5.74, 6) is -0.261. The highest BCUT2D eigenvalue weighted by atomic mass is 35.5. The molecular weight excluding hydrogens is 412 g/mol. The number of hydrogen-bond donors (Lipinski definition) is 1. The molecule has 0 aromatic heterocycles. The first-order valence-corrected chi connectivity index (χ1v) is 11.5. The molecule has 1 aliphatic heterocycles. The Hall–Kier alpha value is -1.93. The molecule has 1 fully saturated rings. The number of sulfonamides is 1. The Morgan fingerprint density at radius 1 is 1.07 bits per heavy atom. The summed E-state index contributed by atoms with van der Waals surface area (Å²) < 4.78 is 33.6. The van der Waals surface area contributed by atoms with Gasteiger partial charge in [0.25, 0.3) is 0 Å². The molecule has 1 amide bonds. The van der Waals surface area contributed by atoms with Gasteiger partial charge >= 0.3 is 0 Å². The molecule has 1 saturated heterocycles. The molecule has 6 nitrogen and oxygen atoms in total. The van der Waals surface area contributed by atoms with Crippen LogP contribution in [0.2, 0.25) is 5.02 Å². The van der Waals surface area contributed by atoms with Crippen LogP contribution in [0.4, 0.5) is 0 Å². The summed E-state index contributed by atoms with van der Waals surface area (Å²) in [4.78, 5) is 12.7. The number of rotatable bonds is 8. The van der Waals surface area contributed by atoms with Crippen molar-refractivity contribution in [2.75, 3.05) is 19.7 Å². The van der Waals surface area contributed by atoms with Gasteiger partial charge in [0.05, 0.1) is 18.1 Å². The molecule has 0 aliphatic carbocycles. The van der Waals surface area contributed by atoms with Crippen LogP contribution in [0, 0.1) is 0 Å². The first kappa shape index (κ1) is 21.8. The number of carbonyl (C=O) groups is 1. The third-order valence-corrected chi connectivity index (χ3v) is 7.02. The average Bonchev–Trinajstić information content (AvgIpc) is 2.93. The van der Waals surface area contributed by atoms with Gasteiger partial charge in [-0.25, -0.2) is 8.42 Å². The lowest BCUT2D eigenvalue weighted by molar-refractivity contribution is -0.124. The lowest BCUT2D eigenvalue weighted by atomic mass is 10.1. The van der Waals surface area contributed by atoms with E-state index >= 15 is 0 Å². The number of nitrogens with one attached hydrogen (secondary N) is 1. The van der Waals surface area contributed by atoms with E-state index in [1.165, 1.54) is 28.6 Å². The fourth-order valence-electron chi connectivity index (χ4n) is 3.30. The van der Waals surface area contributed by atoms with Crippen molar-refractivity contribution >= 4 is 27.5 Å². The molecule has 1 atom stereocenters. The highest BCUT2D eigenvalue weighted by molar-refractivity contribution is 7.89. The van der Waals surface area contributed by atoms with Crippen LogP contribution < -0.4 is 5.32 Å². The number of amides is 1. The van der Waals surface area contributed by atoms with E-state index in [0.29, 0.717) is 24.6 Å². The second kappa shape index (κ2) is 10.2. The van der Waals surface area contributed by atoms with Crippen LogP contribution in [-0.2, 0) is 26.2 Å². The van der Waals surface area contributed by atoms with E-state index in [2.05, 4.69) is 5.32 Å². The molecule has 1 aliphatic rings. The number of halogens is 1. The number of hydrogen-bond acceptors (Lipinski definition) is 4. The molecule has 29 heavy (non-hydrogen) atoms. The fraction of sp³-hybridized carbons (Fsp3) is 0.381. The minimum Gasteiger partial charge on any atom is -0.375 e. The standard InChI is InChI=1S/C21H25ClN2O4S/c22-18-9-11-19(12-10-18)29(26,27)24(20-8-4-5-13-23-21(20)25)14-15-28-16-17-6-2-1-3-7-17/h1-3,6-7,9-12,20H,4-5,8,13-16H2,(H,23,25). The highest BCUT2D eigenvalue weighted by Crippen LogP contribution is 2.23. The minimum atomic E-state index is -3.88. The minimum absolute atomic E-state index is 0.0931. The Balaban J connectivity index is 1.77. The Kier molecular flexibility index (Phi) is 7.66. The van der Waals surface area contributed by atoms with Crippen molar-refractivity contribution in [3.05, 3.63) is 65.2 Å². The fourth-order valence-corrected chi connectivity index (χ4v) is 5.03. The Morgan fingerprint density at radius 3 is 2.52 bits per heavy atom. The largest absolute Gasteiger partial charge is 0.375 e. The van der Waals surface area contributed by atoms with Gasteiger partial charge in [0.15, 0.2) is 0 Å². The van der Waals surface area contributed by atoms with Crippen LogP contribution in [0.15, 0.2) is 59.5 Å². The summed E-state index contributed by atoms with van der Waals surface area (Å²) in [6.45, 7) is 1.22. The molecular formula is C21H25ClN2O4S. The maximum Gasteiger partial charge on any atom is 0.243 e. The topological polar surface area (TPSA) is 75.7 Å². The van der Waals surface area contributed by atoms with Gasteiger partial charge in [0.1, 0.15) is 6.04 Å². The lowest BCUT2D eigenvalue weighted by Crippen LogP contribution is -2.49. The first-order chi connectivity index (χ1) is 14.0. The van der Waals surface area contributed by atoms with E-state index in [1.807, 2.05) is 30.3 Å². The molecule has 0 saturated carbocycles. The SMILES string of the molecule is O=C1NCCCCC1N(CCOCc1ccccc1)S(=O)(=O)c1ccc(Cl)cc1. The van der Waals surface area contributed by atoms with Crippen molar-refractivity contribution in [1.29, 1.82) is 0 Å². The number of carbonyl (C=O) groups excluding carboxylic acids is 1. The van der Waals surface area contributed by atoms with Crippen LogP contribution >= 0.6 is 11.6 Å². The second-order valence-corrected chi connectivity index (χ2v) is 9.24. The summed E-state index contributed by atoms with van der Waals surface area (Å²) >= 11 is 5.90. The van der Waals surface area contributed by atoms with Gasteiger partial charge in [-0.3, -0.25) is 4.79 Å². The van der Waals surface area contributed by atoms with Crippen LogP contribution in [0.3, 0.4) is 0 Å². The Bertz CT molecular complexity index is 904. The van der Waals surface area contributed by atoms with Crippen molar-refractivity contribution < 1.29 is 17.9 Å². The smallest absolute Gasteiger partial charge is 0.243 e. The predicted octanol–water partition coefficient (Wildman–Crippen LogP) is 3.22. The normalized spacial score (nSPS) is 17.7. The lowest BCUT2D eigenvalue weighted by Gasteiger charge is -2.29. The zero-order valence-electron chi connectivity index (χ0n) is 16.1. The molecule has 2 aromatic rings. The third kappa shape index (κ3) is 5.79. The second-order valence-electron chi connectivity index (χ2n) is 6.91. The molecule has 2 aromatic carbocycles. The quantitative estimate of drug-likeness (QED) is 0.644. The van der Waals surface area contributed by atoms with Crippen molar-refractivity contribution in [3.63, 3.8) is 0 Å². The molecule has 0 bridgehead atoms.